The maximum absolute atomic E-state index is 12.1. The van der Waals surface area contributed by atoms with Crippen LogP contribution in [0.2, 0.25) is 0 Å². The van der Waals surface area contributed by atoms with Gasteiger partial charge in [0.25, 0.3) is 5.91 Å². The molecule has 0 saturated carbocycles. The Bertz CT molecular complexity index is 391. The molecule has 110 valence electrons. The van der Waals surface area contributed by atoms with Crippen LogP contribution >= 0.6 is 12.4 Å². The van der Waals surface area contributed by atoms with Crippen LogP contribution in [0.4, 0.5) is 0 Å². The first kappa shape index (κ1) is 17.9. The normalized spacial score (nSPS) is 11.3. The maximum Gasteiger partial charge on any atom is 0.272 e. The first-order chi connectivity index (χ1) is 8.48. The topological polar surface area (TPSA) is 83.8 Å². The molecule has 1 heterocycles. The lowest BCUT2D eigenvalue weighted by Crippen LogP contribution is -2.52. The number of halogens is 1. The van der Waals surface area contributed by atoms with E-state index >= 15 is 0 Å². The number of carbonyl (C=O) groups is 1. The summed E-state index contributed by atoms with van der Waals surface area (Å²) in [6.07, 6.45) is 1.63. The molecule has 0 unspecified atom stereocenters. The van der Waals surface area contributed by atoms with Gasteiger partial charge in [-0.3, -0.25) is 9.89 Å². The van der Waals surface area contributed by atoms with Gasteiger partial charge in [-0.2, -0.15) is 5.10 Å². The zero-order chi connectivity index (χ0) is 13.8. The van der Waals surface area contributed by atoms with E-state index in [1.165, 1.54) is 0 Å². The molecule has 0 aliphatic heterocycles. The summed E-state index contributed by atoms with van der Waals surface area (Å²) < 4.78 is 0. The van der Waals surface area contributed by atoms with Gasteiger partial charge in [0.15, 0.2) is 0 Å². The predicted molar refractivity (Wildman–Crippen MR) is 79.8 cm³/mol. The SMILES string of the molecule is CCC(CC)(CN)NC(=O)c1cc(C(C)C)[nH]n1.Cl. The quantitative estimate of drug-likeness (QED) is 0.750. The molecule has 0 aliphatic rings. The fraction of sp³-hybridized carbons (Fsp3) is 0.692. The number of hydrogen-bond acceptors (Lipinski definition) is 3. The van der Waals surface area contributed by atoms with Gasteiger partial charge < -0.3 is 11.1 Å². The molecule has 1 aromatic rings. The molecule has 1 rings (SSSR count). The molecule has 1 aromatic heterocycles. The monoisotopic (exact) mass is 288 g/mol. The van der Waals surface area contributed by atoms with Crippen molar-refractivity contribution in [3.8, 4) is 0 Å². The first-order valence-corrected chi connectivity index (χ1v) is 6.56. The molecule has 0 atom stereocenters. The van der Waals surface area contributed by atoms with Gasteiger partial charge in [0.05, 0.1) is 5.54 Å². The molecular formula is C13H25ClN4O. The third-order valence-electron chi connectivity index (χ3n) is 3.58. The molecule has 0 aliphatic carbocycles. The zero-order valence-electron chi connectivity index (χ0n) is 12.1. The second-order valence-corrected chi connectivity index (χ2v) is 5.01. The van der Waals surface area contributed by atoms with Crippen molar-refractivity contribution in [2.45, 2.75) is 52.0 Å². The molecule has 5 nitrogen and oxygen atoms in total. The highest BCUT2D eigenvalue weighted by Crippen LogP contribution is 2.16. The minimum absolute atomic E-state index is 0. The van der Waals surface area contributed by atoms with Crippen LogP contribution in [0.5, 0.6) is 0 Å². The number of H-pyrrole nitrogens is 1. The average molecular weight is 289 g/mol. The number of rotatable bonds is 6. The molecular weight excluding hydrogens is 264 g/mol. The van der Waals surface area contributed by atoms with Crippen molar-refractivity contribution in [3.63, 3.8) is 0 Å². The average Bonchev–Trinajstić information content (AvgIpc) is 2.86. The highest BCUT2D eigenvalue weighted by atomic mass is 35.5. The van der Waals surface area contributed by atoms with Crippen molar-refractivity contribution in [2.24, 2.45) is 5.73 Å². The lowest BCUT2D eigenvalue weighted by atomic mass is 9.93. The van der Waals surface area contributed by atoms with E-state index in [1.54, 1.807) is 6.07 Å². The molecule has 4 N–H and O–H groups in total. The molecule has 0 saturated heterocycles. The van der Waals surface area contributed by atoms with Crippen LogP contribution in [0.1, 0.15) is 62.6 Å². The molecule has 6 heteroatoms. The van der Waals surface area contributed by atoms with E-state index in [0.29, 0.717) is 18.2 Å². The molecule has 1 amide bonds. The van der Waals surface area contributed by atoms with Gasteiger partial charge >= 0.3 is 0 Å². The fourth-order valence-electron chi connectivity index (χ4n) is 1.82. The standard InChI is InChI=1S/C13H24N4O.ClH/c1-5-13(6-2,8-14)15-12(18)11-7-10(9(3)4)16-17-11;/h7,9H,5-6,8,14H2,1-4H3,(H,15,18)(H,16,17);1H. The van der Waals surface area contributed by atoms with E-state index in [4.69, 9.17) is 5.73 Å². The number of nitrogens with one attached hydrogen (secondary N) is 2. The van der Waals surface area contributed by atoms with Gasteiger partial charge in [0, 0.05) is 12.2 Å². The van der Waals surface area contributed by atoms with Gasteiger partial charge in [-0.25, -0.2) is 0 Å². The van der Waals surface area contributed by atoms with E-state index in [-0.39, 0.29) is 23.9 Å². The number of aromatic amines is 1. The van der Waals surface area contributed by atoms with Crippen LogP contribution in [0, 0.1) is 0 Å². The second kappa shape index (κ2) is 7.50. The van der Waals surface area contributed by atoms with Gasteiger partial charge in [-0.05, 0) is 24.8 Å². The van der Waals surface area contributed by atoms with E-state index < -0.39 is 0 Å². The Morgan fingerprint density at radius 1 is 1.47 bits per heavy atom. The third-order valence-corrected chi connectivity index (χ3v) is 3.58. The minimum atomic E-state index is -0.325. The summed E-state index contributed by atoms with van der Waals surface area (Å²) in [5.74, 6) is 0.169. The van der Waals surface area contributed by atoms with Gasteiger partial charge in [0.1, 0.15) is 5.69 Å². The molecule has 0 bridgehead atoms. The van der Waals surface area contributed by atoms with Crippen molar-refractivity contribution in [3.05, 3.63) is 17.5 Å². The Kier molecular flexibility index (Phi) is 7.08. The summed E-state index contributed by atoms with van der Waals surface area (Å²) in [5, 5.41) is 9.93. The Morgan fingerprint density at radius 3 is 2.42 bits per heavy atom. The van der Waals surface area contributed by atoms with Gasteiger partial charge in [-0.1, -0.05) is 27.7 Å². The van der Waals surface area contributed by atoms with Crippen molar-refractivity contribution < 1.29 is 4.79 Å². The summed E-state index contributed by atoms with van der Waals surface area (Å²) in [4.78, 5) is 12.1. The lowest BCUT2D eigenvalue weighted by molar-refractivity contribution is 0.0890. The van der Waals surface area contributed by atoms with Gasteiger partial charge in [-0.15, -0.1) is 12.4 Å². The second-order valence-electron chi connectivity index (χ2n) is 5.01. The first-order valence-electron chi connectivity index (χ1n) is 6.56. The van der Waals surface area contributed by atoms with E-state index in [9.17, 15) is 4.79 Å². The number of aromatic nitrogens is 2. The van der Waals surface area contributed by atoms with E-state index in [2.05, 4.69) is 29.4 Å². The third kappa shape index (κ3) is 4.21. The molecule has 0 fully saturated rings. The molecule has 19 heavy (non-hydrogen) atoms. The van der Waals surface area contributed by atoms with Gasteiger partial charge in [0.2, 0.25) is 0 Å². The Hall–Kier alpha value is -1.07. The number of amides is 1. The summed E-state index contributed by atoms with van der Waals surface area (Å²) in [7, 11) is 0. The zero-order valence-corrected chi connectivity index (χ0v) is 12.9. The largest absolute Gasteiger partial charge is 0.344 e. The summed E-state index contributed by atoms with van der Waals surface area (Å²) >= 11 is 0. The van der Waals surface area contributed by atoms with Crippen LogP contribution in [-0.2, 0) is 0 Å². The number of carbonyl (C=O) groups excluding carboxylic acids is 1. The Morgan fingerprint density at radius 2 is 2.05 bits per heavy atom. The molecule has 0 radical (unpaired) electrons. The summed E-state index contributed by atoms with van der Waals surface area (Å²) in [6, 6.07) is 1.80. The van der Waals surface area contributed by atoms with Crippen LogP contribution in [-0.4, -0.2) is 28.2 Å². The number of nitrogens with zero attached hydrogens (tertiary/aromatic N) is 1. The van der Waals surface area contributed by atoms with Crippen LogP contribution < -0.4 is 11.1 Å². The van der Waals surface area contributed by atoms with E-state index in [1.807, 2.05) is 13.8 Å². The summed E-state index contributed by atoms with van der Waals surface area (Å²) in [5.41, 5.74) is 6.83. The molecule has 0 spiro atoms. The fourth-order valence-corrected chi connectivity index (χ4v) is 1.82. The van der Waals surface area contributed by atoms with Crippen molar-refractivity contribution in [2.75, 3.05) is 6.54 Å². The number of nitrogens with two attached hydrogens (primary N) is 1. The van der Waals surface area contributed by atoms with Crippen LogP contribution in [0.15, 0.2) is 6.07 Å². The van der Waals surface area contributed by atoms with Crippen molar-refractivity contribution in [1.29, 1.82) is 0 Å². The smallest absolute Gasteiger partial charge is 0.272 e. The Labute approximate surface area is 121 Å². The predicted octanol–water partition coefficient (Wildman–Crippen LogP) is 2.20. The number of hydrogen-bond donors (Lipinski definition) is 3. The van der Waals surface area contributed by atoms with E-state index in [0.717, 1.165) is 18.5 Å². The van der Waals surface area contributed by atoms with Crippen LogP contribution in [0.25, 0.3) is 0 Å². The molecule has 0 aromatic carbocycles. The minimum Gasteiger partial charge on any atom is -0.344 e. The maximum atomic E-state index is 12.1. The van der Waals surface area contributed by atoms with Crippen molar-refractivity contribution >= 4 is 18.3 Å². The lowest BCUT2D eigenvalue weighted by Gasteiger charge is -2.31. The summed E-state index contributed by atoms with van der Waals surface area (Å²) in [6.45, 7) is 8.60. The highest BCUT2D eigenvalue weighted by molar-refractivity contribution is 5.92. The Balaban J connectivity index is 0.00000324. The highest BCUT2D eigenvalue weighted by Gasteiger charge is 2.27. The van der Waals surface area contributed by atoms with Crippen molar-refractivity contribution in [1.82, 2.24) is 15.5 Å². The van der Waals surface area contributed by atoms with Crippen LogP contribution in [0.3, 0.4) is 0 Å².